The van der Waals surface area contributed by atoms with Crippen LogP contribution in [0.5, 0.6) is 0 Å². The molecule has 11 heteroatoms. The van der Waals surface area contributed by atoms with E-state index >= 15 is 0 Å². The Morgan fingerprint density at radius 1 is 0.649 bits per heavy atom. The molecule has 0 amide bonds. The van der Waals surface area contributed by atoms with Crippen molar-refractivity contribution in [3.05, 3.63) is 85.1 Å². The fourth-order valence-electron chi connectivity index (χ4n) is 5.15. The molecule has 0 rings (SSSR count). The molecule has 0 saturated carbocycles. The summed E-state index contributed by atoms with van der Waals surface area (Å²) in [5, 5.41) is 9.73. The number of hydrogen-bond acceptors (Lipinski definition) is 9. The minimum Gasteiger partial charge on any atom is -0.756 e. The van der Waals surface area contributed by atoms with Crippen LogP contribution in [0, 0.1) is 0 Å². The van der Waals surface area contributed by atoms with E-state index in [2.05, 4.69) is 86.8 Å². The van der Waals surface area contributed by atoms with Gasteiger partial charge in [-0.1, -0.05) is 125 Å². The third-order valence-electron chi connectivity index (χ3n) is 8.46. The standard InChI is InChI=1S/C46H78NO9P/c1-6-8-9-10-11-12-13-14-15-18-22-25-28-31-34-38-46(50)56-44(42-55-57(51,52)54-40-39-47(3,4)5)41-53-45(49)37-33-30-27-24-21-19-16-17-20-23-26-29-32-36-43(48)35-7-2/h8-9,11-12,14-16,19-20,23-24,27,29,32,43-44,48H,6-7,10,13,17-18,21-22,25-26,28,30-31,33-42H2,1-5H3/b9-8-,12-11-,15-14-,19-16-,23-20-,27-24-,32-29-/t43?,44-/m1/s1. The van der Waals surface area contributed by atoms with Gasteiger partial charge in [0.05, 0.1) is 33.9 Å². The maximum absolute atomic E-state index is 12.7. The van der Waals surface area contributed by atoms with Crippen molar-refractivity contribution in [3.63, 3.8) is 0 Å². The highest BCUT2D eigenvalue weighted by Crippen LogP contribution is 2.38. The number of esters is 2. The molecule has 57 heavy (non-hydrogen) atoms. The third-order valence-corrected chi connectivity index (χ3v) is 9.42. The van der Waals surface area contributed by atoms with Gasteiger partial charge in [0, 0.05) is 12.8 Å². The number of aliphatic hydroxyl groups excluding tert-OH is 1. The lowest BCUT2D eigenvalue weighted by Gasteiger charge is -2.28. The molecule has 0 fully saturated rings. The van der Waals surface area contributed by atoms with Crippen molar-refractivity contribution < 1.29 is 47.2 Å². The Morgan fingerprint density at radius 2 is 1.16 bits per heavy atom. The van der Waals surface area contributed by atoms with Crippen molar-refractivity contribution in [2.24, 2.45) is 0 Å². The van der Waals surface area contributed by atoms with Gasteiger partial charge in [0.25, 0.3) is 7.82 Å². The van der Waals surface area contributed by atoms with Crippen molar-refractivity contribution in [2.75, 3.05) is 47.5 Å². The van der Waals surface area contributed by atoms with Crippen LogP contribution in [0.4, 0.5) is 0 Å². The van der Waals surface area contributed by atoms with Crippen LogP contribution in [0.15, 0.2) is 85.1 Å². The van der Waals surface area contributed by atoms with E-state index in [1.807, 2.05) is 33.3 Å². The Morgan fingerprint density at radius 3 is 1.74 bits per heavy atom. The highest BCUT2D eigenvalue weighted by atomic mass is 31.2. The largest absolute Gasteiger partial charge is 0.756 e. The predicted octanol–water partition coefficient (Wildman–Crippen LogP) is 10.4. The van der Waals surface area contributed by atoms with Crippen LogP contribution in [-0.4, -0.2) is 81.2 Å². The van der Waals surface area contributed by atoms with Crippen molar-refractivity contribution in [2.45, 2.75) is 148 Å². The predicted molar refractivity (Wildman–Crippen MR) is 232 cm³/mol. The summed E-state index contributed by atoms with van der Waals surface area (Å²) >= 11 is 0. The number of ether oxygens (including phenoxy) is 2. The van der Waals surface area contributed by atoms with Gasteiger partial charge in [0.2, 0.25) is 0 Å². The molecule has 0 saturated heterocycles. The second-order valence-corrected chi connectivity index (χ2v) is 16.6. The summed E-state index contributed by atoms with van der Waals surface area (Å²) < 4.78 is 33.7. The average molecular weight is 820 g/mol. The number of allylic oxidation sites excluding steroid dienone is 13. The number of phosphoric acid groups is 1. The highest BCUT2D eigenvalue weighted by Gasteiger charge is 2.21. The average Bonchev–Trinajstić information content (AvgIpc) is 3.15. The van der Waals surface area contributed by atoms with Gasteiger partial charge >= 0.3 is 11.9 Å². The van der Waals surface area contributed by atoms with E-state index in [1.54, 1.807) is 0 Å². The lowest BCUT2D eigenvalue weighted by atomic mass is 10.1. The van der Waals surface area contributed by atoms with Crippen molar-refractivity contribution in [3.8, 4) is 0 Å². The van der Waals surface area contributed by atoms with Crippen molar-refractivity contribution >= 4 is 19.8 Å². The topological polar surface area (TPSA) is 131 Å². The van der Waals surface area contributed by atoms with E-state index in [4.69, 9.17) is 18.5 Å². The van der Waals surface area contributed by atoms with Crippen molar-refractivity contribution in [1.82, 2.24) is 0 Å². The zero-order chi connectivity index (χ0) is 42.3. The maximum atomic E-state index is 12.7. The first-order valence-electron chi connectivity index (χ1n) is 21.4. The second kappa shape index (κ2) is 37.4. The van der Waals surface area contributed by atoms with Gasteiger partial charge in [0.15, 0.2) is 6.10 Å². The van der Waals surface area contributed by atoms with E-state index in [-0.39, 0.29) is 32.2 Å². The number of hydrogen-bond donors (Lipinski definition) is 1. The van der Waals surface area contributed by atoms with Crippen LogP contribution < -0.4 is 4.89 Å². The number of likely N-dealkylation sites (N-methyl/N-ethyl adjacent to an activating group) is 1. The molecule has 0 radical (unpaired) electrons. The first-order chi connectivity index (χ1) is 27.4. The first-order valence-corrected chi connectivity index (χ1v) is 22.8. The molecule has 0 aliphatic heterocycles. The fraction of sp³-hybridized carbons (Fsp3) is 0.652. The van der Waals surface area contributed by atoms with Crippen LogP contribution in [-0.2, 0) is 32.7 Å². The third kappa shape index (κ3) is 41.1. The quantitative estimate of drug-likeness (QED) is 0.0214. The molecule has 1 N–H and O–H groups in total. The molecule has 3 atom stereocenters. The van der Waals surface area contributed by atoms with Crippen LogP contribution >= 0.6 is 7.82 Å². The molecular weight excluding hydrogens is 741 g/mol. The smallest absolute Gasteiger partial charge is 0.306 e. The summed E-state index contributed by atoms with van der Waals surface area (Å²) in [6.07, 6.45) is 43.9. The highest BCUT2D eigenvalue weighted by molar-refractivity contribution is 7.45. The lowest BCUT2D eigenvalue weighted by molar-refractivity contribution is -0.870. The van der Waals surface area contributed by atoms with Gasteiger partial charge in [-0.25, -0.2) is 0 Å². The van der Waals surface area contributed by atoms with Gasteiger partial charge in [-0.2, -0.15) is 0 Å². The maximum Gasteiger partial charge on any atom is 0.306 e. The molecule has 0 aromatic heterocycles. The van der Waals surface area contributed by atoms with E-state index in [0.29, 0.717) is 36.7 Å². The first kappa shape index (κ1) is 54.2. The van der Waals surface area contributed by atoms with E-state index in [1.165, 1.54) is 0 Å². The molecular formula is C46H78NO9P. The van der Waals surface area contributed by atoms with Gasteiger partial charge in [0.1, 0.15) is 19.8 Å². The van der Waals surface area contributed by atoms with Crippen LogP contribution in [0.1, 0.15) is 136 Å². The normalized spacial score (nSPS) is 15.0. The Labute approximate surface area is 346 Å². The Bertz CT molecular complexity index is 1260. The number of phosphoric ester groups is 1. The summed E-state index contributed by atoms with van der Waals surface area (Å²) in [6, 6.07) is 0. The lowest BCUT2D eigenvalue weighted by Crippen LogP contribution is -2.37. The van der Waals surface area contributed by atoms with Gasteiger partial charge in [-0.05, 0) is 83.5 Å². The molecule has 0 spiro atoms. The zero-order valence-electron chi connectivity index (χ0n) is 36.1. The summed E-state index contributed by atoms with van der Waals surface area (Å²) in [4.78, 5) is 37.5. The molecule has 0 aliphatic rings. The molecule has 0 heterocycles. The number of rotatable bonds is 37. The number of unbranched alkanes of at least 4 members (excludes halogenated alkanes) is 6. The molecule has 10 nitrogen and oxygen atoms in total. The summed E-state index contributed by atoms with van der Waals surface area (Å²) in [5.74, 6) is -0.951. The SMILES string of the molecule is CC/C=C\C/C=C\C/C=C\CCCCCCCC(=O)O[C@H](COC(=O)CCC/C=C\C/C=C\C/C=C\C/C=C\CC(O)CCC)COP(=O)([O-])OCC[N+](C)(C)C. The van der Waals surface area contributed by atoms with E-state index in [9.17, 15) is 24.2 Å². The number of carbonyl (C=O) groups excluding carboxylic acids is 2. The Balaban J connectivity index is 4.53. The van der Waals surface area contributed by atoms with Gasteiger partial charge in [-0.15, -0.1) is 0 Å². The monoisotopic (exact) mass is 820 g/mol. The zero-order valence-corrected chi connectivity index (χ0v) is 37.0. The number of carbonyl (C=O) groups is 2. The molecule has 0 bridgehead atoms. The Hall–Kier alpha value is -2.85. The van der Waals surface area contributed by atoms with Gasteiger partial charge < -0.3 is 33.0 Å². The molecule has 326 valence electrons. The van der Waals surface area contributed by atoms with Crippen LogP contribution in [0.2, 0.25) is 0 Å². The molecule has 2 unspecified atom stereocenters. The minimum absolute atomic E-state index is 0.0540. The number of quaternary nitrogens is 1. The van der Waals surface area contributed by atoms with E-state index < -0.39 is 32.5 Å². The summed E-state index contributed by atoms with van der Waals surface area (Å²) in [7, 11) is 1.08. The molecule has 0 aromatic carbocycles. The number of nitrogens with zero attached hydrogens (tertiary/aromatic N) is 1. The number of aliphatic hydroxyl groups is 1. The van der Waals surface area contributed by atoms with Gasteiger partial charge in [-0.3, -0.25) is 14.2 Å². The second-order valence-electron chi connectivity index (χ2n) is 15.1. The minimum atomic E-state index is -4.65. The molecule has 0 aromatic rings. The molecule has 0 aliphatic carbocycles. The summed E-state index contributed by atoms with van der Waals surface area (Å²) in [6.45, 7) is 3.79. The van der Waals surface area contributed by atoms with Crippen LogP contribution in [0.3, 0.4) is 0 Å². The fourth-order valence-corrected chi connectivity index (χ4v) is 5.87. The summed E-state index contributed by atoms with van der Waals surface area (Å²) in [5.41, 5.74) is 0. The van der Waals surface area contributed by atoms with Crippen LogP contribution in [0.25, 0.3) is 0 Å². The van der Waals surface area contributed by atoms with E-state index in [0.717, 1.165) is 83.5 Å². The Kier molecular flexibility index (Phi) is 35.6. The van der Waals surface area contributed by atoms with Crippen molar-refractivity contribution in [1.29, 1.82) is 0 Å².